The highest BCUT2D eigenvalue weighted by molar-refractivity contribution is 14.1. The molecule has 1 aliphatic rings. The Bertz CT molecular complexity index is 992. The van der Waals surface area contributed by atoms with Gasteiger partial charge >= 0.3 is 0 Å². The third kappa shape index (κ3) is 7.19. The van der Waals surface area contributed by atoms with Gasteiger partial charge in [0.2, 0.25) is 0 Å². The normalized spacial score (nSPS) is 19.6. The van der Waals surface area contributed by atoms with Crippen molar-refractivity contribution in [1.29, 1.82) is 0 Å². The molecule has 2 unspecified atom stereocenters. The quantitative estimate of drug-likeness (QED) is 0.190. The molecule has 0 radical (unpaired) electrons. The van der Waals surface area contributed by atoms with E-state index in [0.717, 1.165) is 22.4 Å². The number of benzene rings is 2. The number of nitrogens with zero attached hydrogens (tertiary/aromatic N) is 3. The second kappa shape index (κ2) is 12.5. The van der Waals surface area contributed by atoms with E-state index in [4.69, 9.17) is 21.1 Å². The topological polar surface area (TPSA) is 107 Å². The maximum Gasteiger partial charge on any atom is 0.148 e. The summed E-state index contributed by atoms with van der Waals surface area (Å²) in [5, 5.41) is 39.1. The fourth-order valence-corrected chi connectivity index (χ4v) is 4.58. The van der Waals surface area contributed by atoms with Gasteiger partial charge < -0.3 is 24.8 Å². The van der Waals surface area contributed by atoms with Crippen molar-refractivity contribution in [3.05, 3.63) is 59.2 Å². The number of β-amino-alcohol motifs (C(OH)–C–C–N with tert-alkyl or cyclic N) is 1. The Labute approximate surface area is 225 Å². The summed E-state index contributed by atoms with van der Waals surface area (Å²) in [4.78, 5) is 0. The predicted octanol–water partition coefficient (Wildman–Crippen LogP) is 3.84. The molecule has 2 aromatic rings. The monoisotopic (exact) mass is 617 g/mol. The van der Waals surface area contributed by atoms with Crippen LogP contribution in [0.3, 0.4) is 0 Å². The Morgan fingerprint density at radius 1 is 1.06 bits per heavy atom. The molecule has 0 bridgehead atoms. The van der Waals surface area contributed by atoms with E-state index in [1.807, 2.05) is 43.3 Å². The van der Waals surface area contributed by atoms with Crippen LogP contribution in [0, 0.1) is 6.92 Å². The smallest absolute Gasteiger partial charge is 0.148 e. The molecule has 0 aromatic heterocycles. The van der Waals surface area contributed by atoms with Crippen molar-refractivity contribution in [2.24, 2.45) is 10.3 Å². The zero-order chi connectivity index (χ0) is 25.6. The number of aryl methyl sites for hydroxylation is 1. The molecule has 1 heterocycles. The Hall–Kier alpha value is -1.66. The molecule has 35 heavy (non-hydrogen) atoms. The minimum absolute atomic E-state index is 0.0716. The molecule has 0 aliphatic carbocycles. The van der Waals surface area contributed by atoms with Crippen LogP contribution in [0.2, 0.25) is 0 Å². The van der Waals surface area contributed by atoms with Gasteiger partial charge in [-0.2, -0.15) is 5.11 Å². The minimum Gasteiger partial charge on any atom is -0.491 e. The van der Waals surface area contributed by atoms with Gasteiger partial charge in [-0.25, -0.2) is 0 Å². The number of hydrogen-bond acceptors (Lipinski definition) is 8. The van der Waals surface area contributed by atoms with Gasteiger partial charge in [0.1, 0.15) is 47.0 Å². The first-order chi connectivity index (χ1) is 16.6. The van der Waals surface area contributed by atoms with Crippen LogP contribution in [-0.2, 0) is 5.41 Å². The van der Waals surface area contributed by atoms with Crippen LogP contribution in [0.1, 0.15) is 30.5 Å². The second-order valence-electron chi connectivity index (χ2n) is 9.16. The van der Waals surface area contributed by atoms with Gasteiger partial charge in [-0.3, -0.25) is 5.01 Å². The average Bonchev–Trinajstić information content (AvgIpc) is 3.20. The highest BCUT2D eigenvalue weighted by Crippen LogP contribution is 2.35. The molecule has 0 amide bonds. The van der Waals surface area contributed by atoms with Gasteiger partial charge in [0.25, 0.3) is 0 Å². The summed E-state index contributed by atoms with van der Waals surface area (Å²) in [5.74, 6) is 1.52. The molecule has 1 aliphatic heterocycles. The van der Waals surface area contributed by atoms with Gasteiger partial charge in [0.05, 0.1) is 19.0 Å². The molecule has 0 spiro atoms. The van der Waals surface area contributed by atoms with Crippen molar-refractivity contribution in [2.45, 2.75) is 48.5 Å². The van der Waals surface area contributed by atoms with E-state index in [9.17, 15) is 15.3 Å². The van der Waals surface area contributed by atoms with Crippen LogP contribution >= 0.6 is 34.2 Å². The van der Waals surface area contributed by atoms with Crippen LogP contribution in [0.5, 0.6) is 11.5 Å². The van der Waals surface area contributed by atoms with Crippen molar-refractivity contribution in [2.75, 3.05) is 32.2 Å². The lowest BCUT2D eigenvalue weighted by Gasteiger charge is -2.27. The molecule has 8 nitrogen and oxygen atoms in total. The number of halogens is 2. The number of ether oxygens (including phenoxy) is 2. The van der Waals surface area contributed by atoms with E-state index in [0.29, 0.717) is 5.75 Å². The summed E-state index contributed by atoms with van der Waals surface area (Å²) >= 11 is 7.75. The van der Waals surface area contributed by atoms with Gasteiger partial charge in [-0.1, -0.05) is 65.9 Å². The largest absolute Gasteiger partial charge is 0.491 e. The fourth-order valence-electron chi connectivity index (χ4n) is 3.78. The van der Waals surface area contributed by atoms with E-state index >= 15 is 0 Å². The molecule has 2 aromatic carbocycles. The van der Waals surface area contributed by atoms with Gasteiger partial charge in [0, 0.05) is 5.41 Å². The van der Waals surface area contributed by atoms with Crippen LogP contribution in [0.4, 0.5) is 0 Å². The third-order valence-corrected chi connectivity index (χ3v) is 7.52. The number of hydrogen-bond donors (Lipinski definition) is 3. The first-order valence-electron chi connectivity index (χ1n) is 11.5. The van der Waals surface area contributed by atoms with Gasteiger partial charge in [-0.15, -0.1) is 11.6 Å². The maximum atomic E-state index is 10.4. The highest BCUT2D eigenvalue weighted by atomic mass is 127. The third-order valence-electron chi connectivity index (χ3n) is 6.09. The number of aliphatic hydroxyl groups excluding tert-OH is 3. The molecule has 4 atom stereocenters. The van der Waals surface area contributed by atoms with Gasteiger partial charge in [-0.05, 0) is 41.8 Å². The van der Waals surface area contributed by atoms with Crippen LogP contribution in [-0.4, -0.2) is 74.9 Å². The molecule has 0 saturated carbocycles. The van der Waals surface area contributed by atoms with Gasteiger partial charge in [0.15, 0.2) is 0 Å². The Kier molecular flexibility index (Phi) is 10.00. The standard InChI is InChI=1S/C25H33ClIN3O5/c1-16-10-18(6-9-23(16)35-14-19(32)11-26)25(2,3)17-4-7-21(8-5-17)34-15-20(33)12-30-22(13-31)24(27)28-29-30/h4-10,19-20,22,24,31-33H,11-15H2,1-3H3/t19-,20-,22?,24?/m1/s1. The number of aliphatic hydroxyl groups is 3. The summed E-state index contributed by atoms with van der Waals surface area (Å²) in [6.07, 6.45) is -1.46. The van der Waals surface area contributed by atoms with Crippen molar-refractivity contribution in [1.82, 2.24) is 5.01 Å². The summed E-state index contributed by atoms with van der Waals surface area (Å²) in [5.41, 5.74) is 2.98. The molecule has 3 rings (SSSR count). The van der Waals surface area contributed by atoms with E-state index in [1.165, 1.54) is 0 Å². The SMILES string of the molecule is Cc1cc(C(C)(C)c2ccc(OC[C@H](O)CN3N=NC(I)C3CO)cc2)ccc1OC[C@H](O)CCl. The molecule has 3 N–H and O–H groups in total. The lowest BCUT2D eigenvalue weighted by atomic mass is 9.77. The minimum atomic E-state index is -0.768. The average molecular weight is 618 g/mol. The van der Waals surface area contributed by atoms with Crippen molar-refractivity contribution in [3.63, 3.8) is 0 Å². The van der Waals surface area contributed by atoms with E-state index in [1.54, 1.807) is 5.01 Å². The summed E-state index contributed by atoms with van der Waals surface area (Å²) in [6, 6.07) is 13.7. The second-order valence-corrected chi connectivity index (χ2v) is 10.7. The van der Waals surface area contributed by atoms with Crippen LogP contribution < -0.4 is 9.47 Å². The lowest BCUT2D eigenvalue weighted by molar-refractivity contribution is 0.0482. The highest BCUT2D eigenvalue weighted by Gasteiger charge is 2.31. The molecule has 192 valence electrons. The summed E-state index contributed by atoms with van der Waals surface area (Å²) in [7, 11) is 0. The molecular formula is C25H33ClIN3O5. The molecule has 10 heteroatoms. The number of rotatable bonds is 12. The van der Waals surface area contributed by atoms with Crippen LogP contribution in [0.15, 0.2) is 52.8 Å². The summed E-state index contributed by atoms with van der Waals surface area (Å²) < 4.78 is 11.3. The lowest BCUT2D eigenvalue weighted by Crippen LogP contribution is -2.41. The molecule has 0 saturated heterocycles. The van der Waals surface area contributed by atoms with Crippen molar-refractivity contribution in [3.8, 4) is 11.5 Å². The Morgan fingerprint density at radius 2 is 1.71 bits per heavy atom. The van der Waals surface area contributed by atoms with E-state index < -0.39 is 12.2 Å². The zero-order valence-electron chi connectivity index (χ0n) is 20.1. The fraction of sp³-hybridized carbons (Fsp3) is 0.520. The molecule has 0 fully saturated rings. The number of alkyl halides is 2. The Morgan fingerprint density at radius 3 is 2.34 bits per heavy atom. The van der Waals surface area contributed by atoms with E-state index in [-0.39, 0.29) is 47.8 Å². The predicted molar refractivity (Wildman–Crippen MR) is 144 cm³/mol. The first kappa shape index (κ1) is 27.9. The van der Waals surface area contributed by atoms with Crippen molar-refractivity contribution < 1.29 is 24.8 Å². The summed E-state index contributed by atoms with van der Waals surface area (Å²) in [6.45, 7) is 6.73. The van der Waals surface area contributed by atoms with Crippen molar-refractivity contribution >= 4 is 34.2 Å². The first-order valence-corrected chi connectivity index (χ1v) is 13.3. The van der Waals surface area contributed by atoms with Crippen LogP contribution in [0.25, 0.3) is 0 Å². The zero-order valence-corrected chi connectivity index (χ0v) is 23.1. The molecular weight excluding hydrogens is 585 g/mol. The maximum absolute atomic E-state index is 10.4. The van der Waals surface area contributed by atoms with E-state index in [2.05, 4.69) is 52.8 Å². The Balaban J connectivity index is 1.58.